The summed E-state index contributed by atoms with van der Waals surface area (Å²) < 4.78 is 1.09. The Bertz CT molecular complexity index is 553. The summed E-state index contributed by atoms with van der Waals surface area (Å²) in [4.78, 5) is 16.8. The first-order valence-corrected chi connectivity index (χ1v) is 9.03. The predicted molar refractivity (Wildman–Crippen MR) is 108 cm³/mol. The van der Waals surface area contributed by atoms with Gasteiger partial charge in [0.15, 0.2) is 0 Å². The van der Waals surface area contributed by atoms with E-state index in [1.165, 1.54) is 5.56 Å². The molecule has 1 amide bonds. The summed E-state index contributed by atoms with van der Waals surface area (Å²) in [5.74, 6) is 0.137. The van der Waals surface area contributed by atoms with Crippen LogP contribution in [0.2, 0.25) is 0 Å². The zero-order valence-corrected chi connectivity index (χ0v) is 17.4. The highest BCUT2D eigenvalue weighted by Gasteiger charge is 2.33. The lowest BCUT2D eigenvalue weighted by molar-refractivity contribution is -0.135. The summed E-state index contributed by atoms with van der Waals surface area (Å²) in [5.41, 5.74) is 1.30. The number of piperazine rings is 1. The summed E-state index contributed by atoms with van der Waals surface area (Å²) in [6, 6.07) is 8.59. The van der Waals surface area contributed by atoms with E-state index in [0.717, 1.165) is 30.7 Å². The number of rotatable bonds is 3. The van der Waals surface area contributed by atoms with Crippen LogP contribution >= 0.6 is 40.7 Å². The Morgan fingerprint density at radius 3 is 2.32 bits per heavy atom. The zero-order valence-electron chi connectivity index (χ0n) is 14.2. The third-order valence-corrected chi connectivity index (χ3v) is 5.46. The lowest BCUT2D eigenvalue weighted by Crippen LogP contribution is -2.53. The molecule has 0 radical (unpaired) electrons. The molecular formula is C17H26BrCl2N3O2. The Hall–Kier alpha value is -0.370. The predicted octanol–water partition coefficient (Wildman–Crippen LogP) is 2.22. The highest BCUT2D eigenvalue weighted by Crippen LogP contribution is 2.23. The number of aliphatic hydroxyl groups excluding tert-OH is 1. The van der Waals surface area contributed by atoms with Gasteiger partial charge in [0, 0.05) is 43.2 Å². The molecule has 0 aromatic heterocycles. The number of hydrogen-bond donors (Lipinski definition) is 2. The largest absolute Gasteiger partial charge is 0.392 e. The summed E-state index contributed by atoms with van der Waals surface area (Å²) >= 11 is 3.47. The van der Waals surface area contributed by atoms with Gasteiger partial charge in [-0.05, 0) is 31.0 Å². The molecule has 25 heavy (non-hydrogen) atoms. The maximum absolute atomic E-state index is 12.5. The van der Waals surface area contributed by atoms with Crippen LogP contribution in [0.3, 0.4) is 0 Å². The van der Waals surface area contributed by atoms with Crippen molar-refractivity contribution in [2.75, 3.05) is 32.7 Å². The Morgan fingerprint density at radius 1 is 1.20 bits per heavy atom. The number of carbonyl (C=O) groups is 1. The minimum absolute atomic E-state index is 0. The molecule has 2 aliphatic heterocycles. The average molecular weight is 455 g/mol. The van der Waals surface area contributed by atoms with Crippen molar-refractivity contribution in [3.05, 3.63) is 34.3 Å². The van der Waals surface area contributed by atoms with E-state index in [2.05, 4.69) is 57.3 Å². The van der Waals surface area contributed by atoms with Crippen molar-refractivity contribution in [1.29, 1.82) is 0 Å². The number of nitrogens with one attached hydrogen (secondary N) is 1. The number of benzene rings is 1. The number of β-amino-alcohol motifs (C(OH)–C–C–N with tert-alkyl or cyclic N) is 1. The zero-order chi connectivity index (χ0) is 16.4. The van der Waals surface area contributed by atoms with Crippen molar-refractivity contribution in [2.24, 2.45) is 0 Å². The van der Waals surface area contributed by atoms with Crippen LogP contribution in [0.1, 0.15) is 24.9 Å². The van der Waals surface area contributed by atoms with Gasteiger partial charge in [0.25, 0.3) is 0 Å². The van der Waals surface area contributed by atoms with Crippen molar-refractivity contribution in [3.8, 4) is 0 Å². The number of amides is 1. The summed E-state index contributed by atoms with van der Waals surface area (Å²) in [5, 5.41) is 12.7. The van der Waals surface area contributed by atoms with E-state index in [9.17, 15) is 9.90 Å². The Balaban J connectivity index is 0.00000156. The second-order valence-corrected chi connectivity index (χ2v) is 7.35. The van der Waals surface area contributed by atoms with Gasteiger partial charge in [-0.3, -0.25) is 9.69 Å². The molecule has 2 saturated heterocycles. The standard InChI is InChI=1S/C17H24BrN3O2.2ClH/c1-12(13-2-4-14(18)5-3-13)20-6-8-21(9-7-20)17(23)16-10-15(22)11-19-16;;/h2-5,12,15-16,19,22H,6-11H2,1H3;2*1H. The maximum Gasteiger partial charge on any atom is 0.239 e. The lowest BCUT2D eigenvalue weighted by atomic mass is 10.1. The third kappa shape index (κ3) is 5.55. The van der Waals surface area contributed by atoms with Crippen molar-refractivity contribution in [2.45, 2.75) is 31.5 Å². The van der Waals surface area contributed by atoms with Crippen LogP contribution in [0.25, 0.3) is 0 Å². The molecule has 5 nitrogen and oxygen atoms in total. The molecule has 0 bridgehead atoms. The van der Waals surface area contributed by atoms with E-state index in [-0.39, 0.29) is 42.9 Å². The minimum Gasteiger partial charge on any atom is -0.392 e. The van der Waals surface area contributed by atoms with Crippen LogP contribution in [0.4, 0.5) is 0 Å². The van der Waals surface area contributed by atoms with Gasteiger partial charge in [-0.25, -0.2) is 0 Å². The molecule has 0 spiro atoms. The smallest absolute Gasteiger partial charge is 0.239 e. The first-order valence-electron chi connectivity index (χ1n) is 8.24. The van der Waals surface area contributed by atoms with Gasteiger partial charge < -0.3 is 15.3 Å². The van der Waals surface area contributed by atoms with E-state index < -0.39 is 0 Å². The van der Waals surface area contributed by atoms with Crippen LogP contribution in [0.5, 0.6) is 0 Å². The molecule has 2 fully saturated rings. The van der Waals surface area contributed by atoms with Crippen LogP contribution in [0.15, 0.2) is 28.7 Å². The van der Waals surface area contributed by atoms with Crippen molar-refractivity contribution < 1.29 is 9.90 Å². The molecular weight excluding hydrogens is 429 g/mol. The van der Waals surface area contributed by atoms with Gasteiger partial charge >= 0.3 is 0 Å². The lowest BCUT2D eigenvalue weighted by Gasteiger charge is -2.39. The van der Waals surface area contributed by atoms with Gasteiger partial charge in [-0.2, -0.15) is 0 Å². The first kappa shape index (κ1) is 22.7. The molecule has 0 aliphatic carbocycles. The van der Waals surface area contributed by atoms with Crippen LogP contribution in [-0.4, -0.2) is 65.7 Å². The van der Waals surface area contributed by atoms with Gasteiger partial charge in [0.1, 0.15) is 0 Å². The molecule has 1 aromatic carbocycles. The van der Waals surface area contributed by atoms with E-state index in [1.807, 2.05) is 4.90 Å². The number of aliphatic hydroxyl groups is 1. The van der Waals surface area contributed by atoms with Crippen molar-refractivity contribution in [3.63, 3.8) is 0 Å². The van der Waals surface area contributed by atoms with Gasteiger partial charge in [-0.15, -0.1) is 24.8 Å². The number of halogens is 3. The Labute approximate surface area is 170 Å². The topological polar surface area (TPSA) is 55.8 Å². The SMILES string of the molecule is CC(c1ccc(Br)cc1)N1CCN(C(=O)C2CC(O)CN2)CC1.Cl.Cl. The van der Waals surface area contributed by atoms with E-state index in [1.54, 1.807) is 0 Å². The van der Waals surface area contributed by atoms with Crippen molar-refractivity contribution in [1.82, 2.24) is 15.1 Å². The molecule has 2 heterocycles. The molecule has 3 atom stereocenters. The summed E-state index contributed by atoms with van der Waals surface area (Å²) in [6.07, 6.45) is 0.150. The highest BCUT2D eigenvalue weighted by molar-refractivity contribution is 9.10. The second kappa shape index (κ2) is 10.1. The van der Waals surface area contributed by atoms with E-state index in [4.69, 9.17) is 0 Å². The van der Waals surface area contributed by atoms with Gasteiger partial charge in [0.2, 0.25) is 5.91 Å². The normalized spacial score (nSPS) is 25.0. The van der Waals surface area contributed by atoms with Gasteiger partial charge in [0.05, 0.1) is 12.1 Å². The van der Waals surface area contributed by atoms with Crippen molar-refractivity contribution >= 4 is 46.7 Å². The second-order valence-electron chi connectivity index (χ2n) is 6.44. The van der Waals surface area contributed by atoms with E-state index in [0.29, 0.717) is 19.0 Å². The number of carbonyl (C=O) groups excluding carboxylic acids is 1. The molecule has 1 aromatic rings. The molecule has 142 valence electrons. The summed E-state index contributed by atoms with van der Waals surface area (Å²) in [6.45, 7) is 6.03. The average Bonchev–Trinajstić information content (AvgIpc) is 3.01. The Kier molecular flexibility index (Phi) is 9.15. The number of nitrogens with zero attached hydrogens (tertiary/aromatic N) is 2. The molecule has 3 rings (SSSR count). The minimum atomic E-state index is -0.386. The quantitative estimate of drug-likeness (QED) is 0.735. The Morgan fingerprint density at radius 2 is 1.80 bits per heavy atom. The molecule has 2 aliphatic rings. The van der Waals surface area contributed by atoms with Crippen LogP contribution < -0.4 is 5.32 Å². The number of hydrogen-bond acceptors (Lipinski definition) is 4. The fourth-order valence-corrected chi connectivity index (χ4v) is 3.67. The van der Waals surface area contributed by atoms with E-state index >= 15 is 0 Å². The van der Waals surface area contributed by atoms with Gasteiger partial charge in [-0.1, -0.05) is 28.1 Å². The fourth-order valence-electron chi connectivity index (χ4n) is 3.41. The maximum atomic E-state index is 12.5. The molecule has 3 unspecified atom stereocenters. The van der Waals surface area contributed by atoms with Crippen LogP contribution in [0, 0.1) is 0 Å². The summed E-state index contributed by atoms with van der Waals surface area (Å²) in [7, 11) is 0. The molecule has 2 N–H and O–H groups in total. The molecule has 0 saturated carbocycles. The monoisotopic (exact) mass is 453 g/mol. The highest BCUT2D eigenvalue weighted by atomic mass is 79.9. The fraction of sp³-hybridized carbons (Fsp3) is 0.588. The van der Waals surface area contributed by atoms with Crippen LogP contribution in [-0.2, 0) is 4.79 Å². The third-order valence-electron chi connectivity index (χ3n) is 4.93. The first-order chi connectivity index (χ1) is 11.0. The molecule has 8 heteroatoms.